The fourth-order valence-electron chi connectivity index (χ4n) is 1.54. The van der Waals surface area contributed by atoms with Crippen molar-refractivity contribution in [3.05, 3.63) is 47.4 Å². The maximum atomic E-state index is 11.8. The normalized spacial score (nSPS) is 10.1. The van der Waals surface area contributed by atoms with Gasteiger partial charge in [-0.25, -0.2) is 9.78 Å². The summed E-state index contributed by atoms with van der Waals surface area (Å²) < 4.78 is 4.99. The van der Waals surface area contributed by atoms with Crippen molar-refractivity contribution in [1.29, 1.82) is 0 Å². The van der Waals surface area contributed by atoms with Crippen molar-refractivity contribution in [2.24, 2.45) is 0 Å². The van der Waals surface area contributed by atoms with Gasteiger partial charge >= 0.3 is 5.97 Å². The van der Waals surface area contributed by atoms with Crippen molar-refractivity contribution in [1.82, 2.24) is 9.97 Å². The molecule has 2 aromatic rings. The number of halogens is 1. The number of aromatic nitrogens is 2. The summed E-state index contributed by atoms with van der Waals surface area (Å²) in [5.74, 6) is -0.409. The molecule has 0 amide bonds. The summed E-state index contributed by atoms with van der Waals surface area (Å²) in [6.07, 6.45) is 3.26. The molecule has 18 heavy (non-hydrogen) atoms. The first-order valence-corrected chi connectivity index (χ1v) is 5.84. The molecule has 0 aliphatic heterocycles. The Morgan fingerprint density at radius 2 is 2.00 bits per heavy atom. The number of nitrogens with zero attached hydrogens (tertiary/aromatic N) is 2. The highest BCUT2D eigenvalue weighted by molar-refractivity contribution is 6.29. The Balaban J connectivity index is 2.51. The fraction of sp³-hybridized carbons (Fsp3) is 0.154. The largest absolute Gasteiger partial charge is 0.462 e. The van der Waals surface area contributed by atoms with Crippen molar-refractivity contribution >= 4 is 17.6 Å². The molecule has 5 heteroatoms. The fourth-order valence-corrected chi connectivity index (χ4v) is 1.69. The van der Waals surface area contributed by atoms with Gasteiger partial charge in [-0.2, -0.15) is 0 Å². The lowest BCUT2D eigenvalue weighted by atomic mass is 10.1. The minimum Gasteiger partial charge on any atom is -0.462 e. The highest BCUT2D eigenvalue weighted by Gasteiger charge is 2.15. The van der Waals surface area contributed by atoms with Gasteiger partial charge in [0.25, 0.3) is 0 Å². The molecule has 2 rings (SSSR count). The number of hydrogen-bond donors (Lipinski definition) is 0. The van der Waals surface area contributed by atoms with Gasteiger partial charge in [-0.05, 0) is 31.2 Å². The van der Waals surface area contributed by atoms with E-state index in [1.165, 1.54) is 0 Å². The van der Waals surface area contributed by atoms with Crippen LogP contribution in [0.15, 0.2) is 36.7 Å². The highest BCUT2D eigenvalue weighted by Crippen LogP contribution is 2.23. The zero-order valence-corrected chi connectivity index (χ0v) is 10.5. The monoisotopic (exact) mass is 262 g/mol. The molecule has 0 aliphatic rings. The predicted molar refractivity (Wildman–Crippen MR) is 68.4 cm³/mol. The predicted octanol–water partition coefficient (Wildman–Crippen LogP) is 2.97. The summed E-state index contributed by atoms with van der Waals surface area (Å²) in [4.78, 5) is 19.9. The molecule has 92 valence electrons. The van der Waals surface area contributed by atoms with Gasteiger partial charge in [0.1, 0.15) is 5.15 Å². The number of rotatable bonds is 3. The Morgan fingerprint density at radius 1 is 1.28 bits per heavy atom. The Hall–Kier alpha value is -1.94. The smallest absolute Gasteiger partial charge is 0.340 e. The van der Waals surface area contributed by atoms with Crippen molar-refractivity contribution in [3.63, 3.8) is 0 Å². The lowest BCUT2D eigenvalue weighted by Crippen LogP contribution is -2.07. The van der Waals surface area contributed by atoms with Crippen LogP contribution in [0.5, 0.6) is 0 Å². The molecule has 2 heterocycles. The maximum Gasteiger partial charge on any atom is 0.340 e. The number of esters is 1. The molecule has 0 atom stereocenters. The van der Waals surface area contributed by atoms with Crippen LogP contribution in [0.2, 0.25) is 5.15 Å². The molecule has 0 spiro atoms. The van der Waals surface area contributed by atoms with Gasteiger partial charge in [-0.1, -0.05) is 11.6 Å². The molecule has 4 nitrogen and oxygen atoms in total. The Labute approximate surface area is 110 Å². The van der Waals surface area contributed by atoms with E-state index < -0.39 is 5.97 Å². The third-order valence-electron chi connectivity index (χ3n) is 2.31. The lowest BCUT2D eigenvalue weighted by molar-refractivity contribution is 0.0527. The van der Waals surface area contributed by atoms with E-state index in [1.54, 1.807) is 43.6 Å². The van der Waals surface area contributed by atoms with Gasteiger partial charge < -0.3 is 4.74 Å². The quantitative estimate of drug-likeness (QED) is 0.630. The second-order valence-electron chi connectivity index (χ2n) is 3.49. The summed E-state index contributed by atoms with van der Waals surface area (Å²) >= 11 is 5.87. The summed E-state index contributed by atoms with van der Waals surface area (Å²) in [5.41, 5.74) is 1.67. The van der Waals surface area contributed by atoms with E-state index in [2.05, 4.69) is 9.97 Å². The highest BCUT2D eigenvalue weighted by atomic mass is 35.5. The molecular weight excluding hydrogens is 252 g/mol. The van der Waals surface area contributed by atoms with E-state index in [1.807, 2.05) is 0 Å². The zero-order chi connectivity index (χ0) is 13.0. The lowest BCUT2D eigenvalue weighted by Gasteiger charge is -2.08. The molecule has 0 bridgehead atoms. The van der Waals surface area contributed by atoms with Crippen LogP contribution >= 0.6 is 11.6 Å². The van der Waals surface area contributed by atoms with Crippen LogP contribution in [0.1, 0.15) is 17.3 Å². The van der Waals surface area contributed by atoms with E-state index in [-0.39, 0.29) is 0 Å². The standard InChI is InChI=1S/C13H11ClN2O2/c1-2-18-13(17)10-3-4-11(14)16-12(10)9-5-7-15-8-6-9/h3-8H,2H2,1H3. The molecule has 0 N–H and O–H groups in total. The second kappa shape index (κ2) is 5.60. The number of ether oxygens (including phenoxy) is 1. The third-order valence-corrected chi connectivity index (χ3v) is 2.52. The van der Waals surface area contributed by atoms with Crippen LogP contribution in [0, 0.1) is 0 Å². The Morgan fingerprint density at radius 3 is 2.67 bits per heavy atom. The van der Waals surface area contributed by atoms with Gasteiger partial charge in [0, 0.05) is 18.0 Å². The van der Waals surface area contributed by atoms with E-state index in [9.17, 15) is 4.79 Å². The van der Waals surface area contributed by atoms with Crippen LogP contribution in [0.4, 0.5) is 0 Å². The Kier molecular flexibility index (Phi) is 3.89. The summed E-state index contributed by atoms with van der Waals surface area (Å²) in [6, 6.07) is 6.71. The van der Waals surface area contributed by atoms with Crippen molar-refractivity contribution in [2.75, 3.05) is 6.61 Å². The molecule has 0 aliphatic carbocycles. The third kappa shape index (κ3) is 2.65. The number of carbonyl (C=O) groups excluding carboxylic acids is 1. The Bertz CT molecular complexity index is 558. The average molecular weight is 263 g/mol. The van der Waals surface area contributed by atoms with Crippen molar-refractivity contribution in [3.8, 4) is 11.3 Å². The zero-order valence-electron chi connectivity index (χ0n) is 9.76. The van der Waals surface area contributed by atoms with Crippen LogP contribution in [0.25, 0.3) is 11.3 Å². The van der Waals surface area contributed by atoms with Crippen molar-refractivity contribution < 1.29 is 9.53 Å². The summed E-state index contributed by atoms with van der Waals surface area (Å²) in [5, 5.41) is 0.329. The molecule has 0 saturated heterocycles. The SMILES string of the molecule is CCOC(=O)c1ccc(Cl)nc1-c1ccncc1. The minimum atomic E-state index is -0.409. The first-order valence-electron chi connectivity index (χ1n) is 5.46. The van der Waals surface area contributed by atoms with Gasteiger partial charge in [0.2, 0.25) is 0 Å². The molecule has 0 unspecified atom stereocenters. The van der Waals surface area contributed by atoms with E-state index in [0.717, 1.165) is 5.56 Å². The number of hydrogen-bond acceptors (Lipinski definition) is 4. The summed E-state index contributed by atoms with van der Waals surface area (Å²) in [7, 11) is 0. The number of carbonyl (C=O) groups is 1. The van der Waals surface area contributed by atoms with Crippen molar-refractivity contribution in [2.45, 2.75) is 6.92 Å². The van der Waals surface area contributed by atoms with E-state index in [4.69, 9.17) is 16.3 Å². The molecule has 0 radical (unpaired) electrons. The van der Waals surface area contributed by atoms with Gasteiger partial charge in [0.05, 0.1) is 17.9 Å². The first kappa shape index (κ1) is 12.5. The maximum absolute atomic E-state index is 11.8. The number of pyridine rings is 2. The molecule has 0 fully saturated rings. The van der Waals surface area contributed by atoms with Gasteiger partial charge in [-0.15, -0.1) is 0 Å². The van der Waals surface area contributed by atoms with Crippen LogP contribution in [-0.2, 0) is 4.74 Å². The topological polar surface area (TPSA) is 52.1 Å². The van der Waals surface area contributed by atoms with Gasteiger partial charge in [-0.3, -0.25) is 4.98 Å². The van der Waals surface area contributed by atoms with Gasteiger partial charge in [0.15, 0.2) is 0 Å². The summed E-state index contributed by atoms with van der Waals surface area (Å²) in [6.45, 7) is 2.07. The minimum absolute atomic E-state index is 0.317. The van der Waals surface area contributed by atoms with Crippen LogP contribution < -0.4 is 0 Å². The van der Waals surface area contributed by atoms with E-state index >= 15 is 0 Å². The molecule has 0 saturated carbocycles. The second-order valence-corrected chi connectivity index (χ2v) is 3.87. The van der Waals surface area contributed by atoms with Crippen LogP contribution in [-0.4, -0.2) is 22.5 Å². The van der Waals surface area contributed by atoms with Crippen LogP contribution in [0.3, 0.4) is 0 Å². The van der Waals surface area contributed by atoms with E-state index in [0.29, 0.717) is 23.0 Å². The molecular formula is C13H11ClN2O2. The molecule has 2 aromatic heterocycles. The molecule has 0 aromatic carbocycles. The first-order chi connectivity index (χ1) is 8.72. The average Bonchev–Trinajstić information content (AvgIpc) is 2.40.